The Kier molecular flexibility index (Phi) is 5.34. The highest BCUT2D eigenvalue weighted by molar-refractivity contribution is 9.10. The molecule has 0 aromatic heterocycles. The molecule has 1 rings (SSSR count). The molecule has 0 heterocycles. The van der Waals surface area contributed by atoms with Gasteiger partial charge < -0.3 is 5.73 Å². The van der Waals surface area contributed by atoms with Crippen LogP contribution in [0.25, 0.3) is 0 Å². The van der Waals surface area contributed by atoms with Crippen molar-refractivity contribution in [2.24, 2.45) is 5.73 Å². The van der Waals surface area contributed by atoms with Gasteiger partial charge in [-0.15, -0.1) is 0 Å². The second kappa shape index (κ2) is 6.29. The molecule has 15 heavy (non-hydrogen) atoms. The van der Waals surface area contributed by atoms with Crippen LogP contribution in [0.5, 0.6) is 0 Å². The third kappa shape index (κ3) is 3.96. The minimum Gasteiger partial charge on any atom is -0.324 e. The lowest BCUT2D eigenvalue weighted by Gasteiger charge is -2.14. The Bertz CT molecular complexity index is 309. The van der Waals surface area contributed by atoms with E-state index in [0.717, 1.165) is 10.9 Å². The second-order valence-electron chi connectivity index (χ2n) is 4.10. The van der Waals surface area contributed by atoms with Crippen molar-refractivity contribution in [3.63, 3.8) is 0 Å². The zero-order chi connectivity index (χ0) is 11.3. The number of hydrogen-bond donors (Lipinski definition) is 1. The zero-order valence-electron chi connectivity index (χ0n) is 9.59. The van der Waals surface area contributed by atoms with Crippen molar-refractivity contribution in [1.82, 2.24) is 0 Å². The quantitative estimate of drug-likeness (QED) is 0.791. The molecule has 2 N–H and O–H groups in total. The van der Waals surface area contributed by atoms with Crippen LogP contribution in [-0.2, 0) is 0 Å². The summed E-state index contributed by atoms with van der Waals surface area (Å²) in [6.45, 7) is 4.34. The summed E-state index contributed by atoms with van der Waals surface area (Å²) >= 11 is 3.49. The minimum absolute atomic E-state index is 0.189. The van der Waals surface area contributed by atoms with Crippen molar-refractivity contribution < 1.29 is 0 Å². The van der Waals surface area contributed by atoms with Crippen LogP contribution in [-0.4, -0.2) is 0 Å². The highest BCUT2D eigenvalue weighted by Gasteiger charge is 2.08. The van der Waals surface area contributed by atoms with Gasteiger partial charge in [-0.05, 0) is 36.6 Å². The van der Waals surface area contributed by atoms with E-state index in [4.69, 9.17) is 5.73 Å². The van der Waals surface area contributed by atoms with Crippen LogP contribution in [0, 0.1) is 6.92 Å². The molecule has 1 atom stereocenters. The molecule has 0 fully saturated rings. The molecule has 0 unspecified atom stereocenters. The molecule has 0 saturated heterocycles. The Morgan fingerprint density at radius 2 is 2.07 bits per heavy atom. The second-order valence-corrected chi connectivity index (χ2v) is 5.02. The van der Waals surface area contributed by atoms with E-state index in [-0.39, 0.29) is 6.04 Å². The van der Waals surface area contributed by atoms with Gasteiger partial charge >= 0.3 is 0 Å². The van der Waals surface area contributed by atoms with Crippen molar-refractivity contribution in [2.75, 3.05) is 0 Å². The molecule has 0 aliphatic rings. The summed E-state index contributed by atoms with van der Waals surface area (Å²) in [5.74, 6) is 0. The summed E-state index contributed by atoms with van der Waals surface area (Å²) < 4.78 is 1.12. The number of benzene rings is 1. The van der Waals surface area contributed by atoms with Crippen LogP contribution < -0.4 is 5.73 Å². The van der Waals surface area contributed by atoms with Gasteiger partial charge in [-0.1, -0.05) is 48.2 Å². The van der Waals surface area contributed by atoms with Crippen molar-refractivity contribution in [2.45, 2.75) is 45.6 Å². The largest absolute Gasteiger partial charge is 0.324 e. The summed E-state index contributed by atoms with van der Waals surface area (Å²) in [5.41, 5.74) is 8.76. The number of rotatable bonds is 5. The lowest BCUT2D eigenvalue weighted by molar-refractivity contribution is 0.579. The van der Waals surface area contributed by atoms with E-state index in [9.17, 15) is 0 Å². The first-order chi connectivity index (χ1) is 7.15. The van der Waals surface area contributed by atoms with Crippen molar-refractivity contribution in [3.8, 4) is 0 Å². The summed E-state index contributed by atoms with van der Waals surface area (Å²) in [5, 5.41) is 0. The van der Waals surface area contributed by atoms with Gasteiger partial charge in [0.25, 0.3) is 0 Å². The number of aryl methyl sites for hydroxylation is 1. The maximum atomic E-state index is 6.18. The molecule has 0 radical (unpaired) electrons. The van der Waals surface area contributed by atoms with Crippen LogP contribution in [0.15, 0.2) is 22.7 Å². The van der Waals surface area contributed by atoms with Gasteiger partial charge in [0, 0.05) is 10.5 Å². The molecule has 1 nitrogen and oxygen atoms in total. The van der Waals surface area contributed by atoms with Gasteiger partial charge in [0.2, 0.25) is 0 Å². The topological polar surface area (TPSA) is 26.0 Å². The Labute approximate surface area is 101 Å². The average molecular weight is 270 g/mol. The first-order valence-corrected chi connectivity index (χ1v) is 6.46. The molecular formula is C13H20BrN. The summed E-state index contributed by atoms with van der Waals surface area (Å²) in [7, 11) is 0. The number of halogens is 1. The lowest BCUT2D eigenvalue weighted by atomic mass is 9.97. The van der Waals surface area contributed by atoms with E-state index in [1.807, 2.05) is 0 Å². The zero-order valence-corrected chi connectivity index (χ0v) is 11.2. The fourth-order valence-corrected chi connectivity index (χ4v) is 2.16. The normalized spacial score (nSPS) is 12.8. The van der Waals surface area contributed by atoms with E-state index in [2.05, 4.69) is 48.0 Å². The van der Waals surface area contributed by atoms with E-state index in [1.165, 1.54) is 30.4 Å². The van der Waals surface area contributed by atoms with Crippen LogP contribution in [0.2, 0.25) is 0 Å². The predicted octanol–water partition coefficient (Wildman–Crippen LogP) is 4.34. The third-order valence-electron chi connectivity index (χ3n) is 2.76. The highest BCUT2D eigenvalue weighted by atomic mass is 79.9. The highest BCUT2D eigenvalue weighted by Crippen LogP contribution is 2.24. The predicted molar refractivity (Wildman–Crippen MR) is 69.9 cm³/mol. The Balaban J connectivity index is 2.64. The van der Waals surface area contributed by atoms with Crippen molar-refractivity contribution in [3.05, 3.63) is 33.8 Å². The molecule has 84 valence electrons. The average Bonchev–Trinajstić information content (AvgIpc) is 2.22. The van der Waals surface area contributed by atoms with Gasteiger partial charge in [0.05, 0.1) is 0 Å². The minimum atomic E-state index is 0.189. The number of nitrogens with two attached hydrogens (primary N) is 1. The molecule has 1 aromatic rings. The van der Waals surface area contributed by atoms with Gasteiger partial charge in [0.1, 0.15) is 0 Å². The monoisotopic (exact) mass is 269 g/mol. The Hall–Kier alpha value is -0.340. The molecule has 0 bridgehead atoms. The van der Waals surface area contributed by atoms with E-state index < -0.39 is 0 Å². The van der Waals surface area contributed by atoms with Crippen molar-refractivity contribution >= 4 is 15.9 Å². The van der Waals surface area contributed by atoms with Crippen LogP contribution in [0.1, 0.15) is 49.8 Å². The molecule has 0 amide bonds. The molecule has 0 aliphatic carbocycles. The van der Waals surface area contributed by atoms with Gasteiger partial charge in [-0.25, -0.2) is 0 Å². The Morgan fingerprint density at radius 3 is 2.73 bits per heavy atom. The fourth-order valence-electron chi connectivity index (χ4n) is 1.78. The standard InChI is InChI=1S/C13H20BrN/c1-3-4-5-6-13(15)12-9-11(14)8-7-10(12)2/h7-9,13H,3-6,15H2,1-2H3/t13-/m0/s1. The molecule has 2 heteroatoms. The van der Waals surface area contributed by atoms with E-state index in [1.54, 1.807) is 0 Å². The first-order valence-electron chi connectivity index (χ1n) is 5.66. The molecule has 1 aromatic carbocycles. The summed E-state index contributed by atoms with van der Waals surface area (Å²) in [6.07, 6.45) is 4.85. The van der Waals surface area contributed by atoms with Crippen molar-refractivity contribution in [1.29, 1.82) is 0 Å². The van der Waals surface area contributed by atoms with Crippen LogP contribution in [0.3, 0.4) is 0 Å². The van der Waals surface area contributed by atoms with Crippen LogP contribution >= 0.6 is 15.9 Å². The maximum absolute atomic E-state index is 6.18. The molecule has 0 saturated carbocycles. The van der Waals surface area contributed by atoms with Gasteiger partial charge in [0.15, 0.2) is 0 Å². The first kappa shape index (κ1) is 12.7. The fraction of sp³-hybridized carbons (Fsp3) is 0.538. The Morgan fingerprint density at radius 1 is 1.33 bits per heavy atom. The molecule has 0 spiro atoms. The van der Waals surface area contributed by atoms with E-state index >= 15 is 0 Å². The van der Waals surface area contributed by atoms with Gasteiger partial charge in [-0.3, -0.25) is 0 Å². The smallest absolute Gasteiger partial charge is 0.0297 e. The van der Waals surface area contributed by atoms with Gasteiger partial charge in [-0.2, -0.15) is 0 Å². The lowest BCUT2D eigenvalue weighted by Crippen LogP contribution is -2.11. The van der Waals surface area contributed by atoms with E-state index in [0.29, 0.717) is 0 Å². The third-order valence-corrected chi connectivity index (χ3v) is 3.25. The molecule has 0 aliphatic heterocycles. The summed E-state index contributed by atoms with van der Waals surface area (Å²) in [4.78, 5) is 0. The molecular weight excluding hydrogens is 250 g/mol. The number of unbranched alkanes of at least 4 members (excludes halogenated alkanes) is 2. The number of hydrogen-bond acceptors (Lipinski definition) is 1. The van der Waals surface area contributed by atoms with Crippen LogP contribution in [0.4, 0.5) is 0 Å². The maximum Gasteiger partial charge on any atom is 0.0297 e. The summed E-state index contributed by atoms with van der Waals surface area (Å²) in [6, 6.07) is 6.52. The SMILES string of the molecule is CCCCC[C@H](N)c1cc(Br)ccc1C.